The Morgan fingerprint density at radius 3 is 2.94 bits per heavy atom. The van der Waals surface area contributed by atoms with Crippen LogP contribution in [-0.4, -0.2) is 14.2 Å². The number of hydrogen-bond acceptors (Lipinski definition) is 4. The zero-order chi connectivity index (χ0) is 12.5. The summed E-state index contributed by atoms with van der Waals surface area (Å²) in [5, 5.41) is 0. The highest BCUT2D eigenvalue weighted by Gasteiger charge is 2.31. The highest BCUT2D eigenvalue weighted by atomic mass is 32.2. The molecule has 0 aliphatic carbocycles. The molecule has 1 aliphatic heterocycles. The quantitative estimate of drug-likeness (QED) is 0.459. The predicted molar refractivity (Wildman–Crippen MR) is 63.4 cm³/mol. The Balaban J connectivity index is 2.14. The van der Waals surface area contributed by atoms with Crippen molar-refractivity contribution in [1.82, 2.24) is 0 Å². The van der Waals surface area contributed by atoms with Gasteiger partial charge in [0, 0.05) is 17.5 Å². The molecule has 0 fully saturated rings. The third-order valence-corrected chi connectivity index (χ3v) is 4.27. The third kappa shape index (κ3) is 2.49. The number of Topliss-reactive ketones (excluding diaryl/α,β-unsaturated/α-hetero) is 1. The summed E-state index contributed by atoms with van der Waals surface area (Å²) >= 11 is 0. The van der Waals surface area contributed by atoms with Crippen LogP contribution in [0.25, 0.3) is 0 Å². The molecule has 0 bridgehead atoms. The summed E-state index contributed by atoms with van der Waals surface area (Å²) in [5.41, 5.74) is 1.20. The number of fused-ring (bicyclic) bond motifs is 1. The largest absolute Gasteiger partial charge is 0.461 e. The van der Waals surface area contributed by atoms with Crippen molar-refractivity contribution in [1.29, 1.82) is 0 Å². The van der Waals surface area contributed by atoms with Crippen LogP contribution in [0.15, 0.2) is 23.3 Å². The van der Waals surface area contributed by atoms with Crippen molar-refractivity contribution >= 4 is 15.6 Å². The second kappa shape index (κ2) is 4.49. The average molecular weight is 254 g/mol. The van der Waals surface area contributed by atoms with Crippen LogP contribution in [0.5, 0.6) is 0 Å². The minimum atomic E-state index is -3.07. The summed E-state index contributed by atoms with van der Waals surface area (Å²) in [6.45, 7) is 3.58. The monoisotopic (exact) mass is 254 g/mol. The Kier molecular flexibility index (Phi) is 3.19. The lowest BCUT2D eigenvalue weighted by Gasteiger charge is -1.98. The number of sulfone groups is 1. The van der Waals surface area contributed by atoms with Crippen LogP contribution >= 0.6 is 0 Å². The van der Waals surface area contributed by atoms with E-state index in [1.807, 2.05) is 0 Å². The summed E-state index contributed by atoms with van der Waals surface area (Å²) < 4.78 is 28.0. The highest BCUT2D eigenvalue weighted by Crippen LogP contribution is 2.30. The molecule has 0 atom stereocenters. The third-order valence-electron chi connectivity index (χ3n) is 2.79. The van der Waals surface area contributed by atoms with Gasteiger partial charge in [-0.25, -0.2) is 8.42 Å². The molecule has 0 aromatic carbocycles. The van der Waals surface area contributed by atoms with Crippen molar-refractivity contribution in [3.05, 3.63) is 35.8 Å². The summed E-state index contributed by atoms with van der Waals surface area (Å²) in [6, 6.07) is 0. The lowest BCUT2D eigenvalue weighted by atomic mass is 10.1. The fraction of sp³-hybridized carbons (Fsp3) is 0.417. The second-order valence-corrected chi connectivity index (χ2v) is 6.27. The van der Waals surface area contributed by atoms with E-state index in [2.05, 4.69) is 6.58 Å². The molecule has 0 spiro atoms. The maximum atomic E-state index is 11.8. The van der Waals surface area contributed by atoms with Gasteiger partial charge in [0.2, 0.25) is 0 Å². The number of carbonyl (C=O) groups excluding carboxylic acids is 1. The Morgan fingerprint density at radius 1 is 1.47 bits per heavy atom. The zero-order valence-electron chi connectivity index (χ0n) is 9.44. The zero-order valence-corrected chi connectivity index (χ0v) is 10.3. The van der Waals surface area contributed by atoms with Gasteiger partial charge in [0.05, 0.1) is 17.8 Å². The summed E-state index contributed by atoms with van der Waals surface area (Å²) in [6.07, 6.45) is 4.99. The van der Waals surface area contributed by atoms with E-state index in [-0.39, 0.29) is 23.0 Å². The molecule has 0 saturated heterocycles. The Bertz CT molecular complexity index is 551. The van der Waals surface area contributed by atoms with Crippen LogP contribution in [0.4, 0.5) is 0 Å². The lowest BCUT2D eigenvalue weighted by Crippen LogP contribution is -2.02. The summed E-state index contributed by atoms with van der Waals surface area (Å²) in [4.78, 5) is 11.8. The van der Waals surface area contributed by atoms with Gasteiger partial charge in [-0.1, -0.05) is 6.08 Å². The van der Waals surface area contributed by atoms with E-state index in [1.54, 1.807) is 6.08 Å². The molecule has 1 aromatic rings. The van der Waals surface area contributed by atoms with Gasteiger partial charge in [-0.3, -0.25) is 4.79 Å². The maximum Gasteiger partial charge on any atom is 0.198 e. The topological polar surface area (TPSA) is 64.3 Å². The van der Waals surface area contributed by atoms with Gasteiger partial charge < -0.3 is 4.42 Å². The van der Waals surface area contributed by atoms with E-state index in [4.69, 9.17) is 4.42 Å². The standard InChI is InChI=1S/C12H14O4S/c1-2-3-4-5-11(13)12-10-8-17(14,15)7-9(10)6-16-12/h2,6H,1,3-5,7-8H2. The van der Waals surface area contributed by atoms with Gasteiger partial charge >= 0.3 is 0 Å². The Hall–Kier alpha value is -1.36. The van der Waals surface area contributed by atoms with Crippen LogP contribution in [0.3, 0.4) is 0 Å². The van der Waals surface area contributed by atoms with Crippen molar-refractivity contribution < 1.29 is 17.6 Å². The van der Waals surface area contributed by atoms with Gasteiger partial charge in [0.25, 0.3) is 0 Å². The molecule has 2 heterocycles. The smallest absolute Gasteiger partial charge is 0.198 e. The maximum absolute atomic E-state index is 11.8. The van der Waals surface area contributed by atoms with Crippen molar-refractivity contribution in [2.75, 3.05) is 0 Å². The minimum Gasteiger partial charge on any atom is -0.461 e. The number of allylic oxidation sites excluding steroid dienone is 1. The number of rotatable bonds is 5. The van der Waals surface area contributed by atoms with Crippen LogP contribution < -0.4 is 0 Å². The van der Waals surface area contributed by atoms with Crippen molar-refractivity contribution in [3.63, 3.8) is 0 Å². The van der Waals surface area contributed by atoms with Crippen LogP contribution in [0.2, 0.25) is 0 Å². The SMILES string of the molecule is C=CCCCC(=O)c1occ2c1CS(=O)(=O)C2. The average Bonchev–Trinajstić information content (AvgIpc) is 2.72. The molecular weight excluding hydrogens is 240 g/mol. The first-order valence-electron chi connectivity index (χ1n) is 5.47. The molecule has 0 radical (unpaired) electrons. The predicted octanol–water partition coefficient (Wildman–Crippen LogP) is 2.25. The number of unbranched alkanes of at least 4 members (excludes halogenated alkanes) is 1. The molecule has 1 aliphatic rings. The molecule has 0 N–H and O–H groups in total. The van der Waals surface area contributed by atoms with E-state index in [0.29, 0.717) is 24.0 Å². The normalized spacial score (nSPS) is 16.7. The highest BCUT2D eigenvalue weighted by molar-refractivity contribution is 7.90. The second-order valence-electron chi connectivity index (χ2n) is 4.20. The number of carbonyl (C=O) groups is 1. The van der Waals surface area contributed by atoms with Gasteiger partial charge in [-0.2, -0.15) is 0 Å². The fourth-order valence-corrected chi connectivity index (χ4v) is 3.53. The molecular formula is C12H14O4S. The first-order valence-corrected chi connectivity index (χ1v) is 7.29. The lowest BCUT2D eigenvalue weighted by molar-refractivity contribution is 0.0952. The number of ketones is 1. The van der Waals surface area contributed by atoms with Crippen molar-refractivity contribution in [2.45, 2.75) is 30.8 Å². The van der Waals surface area contributed by atoms with Crippen molar-refractivity contribution in [2.24, 2.45) is 0 Å². The first-order chi connectivity index (χ1) is 8.03. The van der Waals surface area contributed by atoms with Gasteiger partial charge in [0.1, 0.15) is 0 Å². The van der Waals surface area contributed by atoms with Crippen molar-refractivity contribution in [3.8, 4) is 0 Å². The van der Waals surface area contributed by atoms with E-state index < -0.39 is 9.84 Å². The molecule has 1 aromatic heterocycles. The molecule has 17 heavy (non-hydrogen) atoms. The molecule has 0 amide bonds. The van der Waals surface area contributed by atoms with Gasteiger partial charge in [-0.15, -0.1) is 6.58 Å². The molecule has 0 unspecified atom stereocenters. The number of hydrogen-bond donors (Lipinski definition) is 0. The molecule has 4 nitrogen and oxygen atoms in total. The molecule has 5 heteroatoms. The molecule has 2 rings (SSSR count). The fourth-order valence-electron chi connectivity index (χ4n) is 1.96. The van der Waals surface area contributed by atoms with Gasteiger partial charge in [-0.05, 0) is 12.8 Å². The van der Waals surface area contributed by atoms with Gasteiger partial charge in [0.15, 0.2) is 21.4 Å². The molecule has 92 valence electrons. The summed E-state index contributed by atoms with van der Waals surface area (Å²) in [7, 11) is -3.07. The van der Waals surface area contributed by atoms with E-state index >= 15 is 0 Å². The molecule has 0 saturated carbocycles. The Morgan fingerprint density at radius 2 is 2.24 bits per heavy atom. The Labute approximate surface area is 100 Å². The summed E-state index contributed by atoms with van der Waals surface area (Å²) in [5.74, 6) is 0.0305. The van der Waals surface area contributed by atoms with E-state index in [0.717, 1.165) is 6.42 Å². The van der Waals surface area contributed by atoms with E-state index in [1.165, 1.54) is 6.26 Å². The van der Waals surface area contributed by atoms with E-state index in [9.17, 15) is 13.2 Å². The van der Waals surface area contributed by atoms with Crippen LogP contribution in [-0.2, 0) is 21.3 Å². The minimum absolute atomic E-state index is 0.00816. The van der Waals surface area contributed by atoms with Crippen LogP contribution in [0, 0.1) is 0 Å². The van der Waals surface area contributed by atoms with Crippen LogP contribution in [0.1, 0.15) is 40.9 Å². The number of furan rings is 1. The first kappa shape index (κ1) is 12.1.